The summed E-state index contributed by atoms with van der Waals surface area (Å²) in [4.78, 5) is 123. The van der Waals surface area contributed by atoms with Crippen molar-refractivity contribution in [2.75, 3.05) is 13.2 Å². The number of fused-ring (bicyclic) bond motifs is 4. The number of benzene rings is 4. The molecule has 0 saturated carbocycles. The zero-order chi connectivity index (χ0) is 67.2. The molecule has 86 heavy (non-hydrogen) atoms. The molecule has 2 fully saturated rings. The van der Waals surface area contributed by atoms with Crippen LogP contribution in [-0.4, -0.2) is 125 Å². The fourth-order valence-corrected chi connectivity index (χ4v) is 11.1. The van der Waals surface area contributed by atoms with Crippen molar-refractivity contribution < 1.29 is 119 Å². The van der Waals surface area contributed by atoms with Crippen LogP contribution in [0.2, 0.25) is 0 Å². The Morgan fingerprint density at radius 3 is 1.19 bits per heavy atom. The van der Waals surface area contributed by atoms with Crippen molar-refractivity contribution in [2.24, 2.45) is 0 Å². The summed E-state index contributed by atoms with van der Waals surface area (Å²) in [5.41, 5.74) is -2.39. The lowest BCUT2D eigenvalue weighted by atomic mass is 9.92. The number of ketones is 1. The van der Waals surface area contributed by atoms with E-state index < -0.39 is 228 Å². The van der Waals surface area contributed by atoms with Crippen LogP contribution >= 0.6 is 0 Å². The number of nitrogens with zero attached hydrogens (tertiary/aromatic N) is 2. The molecule has 0 N–H and O–H groups in total. The van der Waals surface area contributed by atoms with Crippen molar-refractivity contribution in [1.29, 1.82) is 0 Å². The van der Waals surface area contributed by atoms with Gasteiger partial charge in [-0.15, -0.1) is 0 Å². The zero-order valence-corrected chi connectivity index (χ0v) is 44.8. The predicted molar refractivity (Wildman–Crippen MR) is 292 cm³/mol. The van der Waals surface area contributed by atoms with E-state index in [-0.39, 0.29) is 33.3 Å². The minimum absolute atomic E-state index is 0.0392. The van der Waals surface area contributed by atoms with Crippen LogP contribution in [0.15, 0.2) is 106 Å². The lowest BCUT2D eigenvalue weighted by molar-refractivity contribution is -0.267. The van der Waals surface area contributed by atoms with Crippen LogP contribution in [-0.2, 0) is 85.7 Å². The third-order valence-corrected chi connectivity index (χ3v) is 14.0. The lowest BCUT2D eigenvalue weighted by Gasteiger charge is -2.45. The molecule has 2 unspecified atom stereocenters. The molecule has 2 aliphatic rings. The second-order valence-corrected chi connectivity index (χ2v) is 19.4. The third-order valence-electron chi connectivity index (χ3n) is 14.0. The Morgan fingerprint density at radius 1 is 0.453 bits per heavy atom. The van der Waals surface area contributed by atoms with Crippen molar-refractivity contribution in [3.63, 3.8) is 0 Å². The Hall–Kier alpha value is -9.75. The summed E-state index contributed by atoms with van der Waals surface area (Å²) < 4.78 is 171. The van der Waals surface area contributed by atoms with Crippen LogP contribution in [0.25, 0.3) is 66.3 Å². The Bertz CT molecular complexity index is 3990. The summed E-state index contributed by atoms with van der Waals surface area (Å²) in [7, 11) is 0. The molecule has 0 amide bonds. The second-order valence-electron chi connectivity index (χ2n) is 19.4. The molecule has 2 saturated heterocycles. The quantitative estimate of drug-likeness (QED) is 0.0498. The second kappa shape index (κ2) is 24.1. The molecule has 8 aromatic rings. The van der Waals surface area contributed by atoms with E-state index in [9.17, 15) is 38.4 Å². The number of esters is 8. The smallest absolute Gasteiger partial charge is 0.303 e. The van der Waals surface area contributed by atoms with Crippen LogP contribution in [0.3, 0.4) is 0 Å². The van der Waals surface area contributed by atoms with Crippen LogP contribution < -0.4 is 0 Å². The molecular weight excluding hydrogens is 1130 g/mol. The van der Waals surface area contributed by atoms with Crippen molar-refractivity contribution in [2.45, 2.75) is 116 Å². The Morgan fingerprint density at radius 2 is 0.814 bits per heavy atom. The van der Waals surface area contributed by atoms with Gasteiger partial charge in [0, 0.05) is 87.7 Å². The Kier molecular flexibility index (Phi) is 13.9. The molecule has 10 atom stereocenters. The Balaban J connectivity index is 1.34. The van der Waals surface area contributed by atoms with Gasteiger partial charge in [-0.3, -0.25) is 43.2 Å². The van der Waals surface area contributed by atoms with E-state index in [1.807, 2.05) is 0 Å². The molecule has 448 valence electrons. The average Bonchev–Trinajstić information content (AvgIpc) is 1.55. The zero-order valence-electron chi connectivity index (χ0n) is 52.8. The molecule has 0 spiro atoms. The van der Waals surface area contributed by atoms with Gasteiger partial charge in [0.1, 0.15) is 48.2 Å². The summed E-state index contributed by atoms with van der Waals surface area (Å²) in [6, 6.07) is 18.4. The number of carbonyl (C=O) groups is 9. The molecule has 4 aromatic heterocycles. The van der Waals surface area contributed by atoms with Gasteiger partial charge >= 0.3 is 47.8 Å². The van der Waals surface area contributed by atoms with E-state index in [0.29, 0.717) is 10.8 Å². The van der Waals surface area contributed by atoms with E-state index in [1.165, 1.54) is 85.3 Å². The van der Waals surface area contributed by atoms with Crippen LogP contribution in [0.5, 0.6) is 0 Å². The molecule has 10 rings (SSSR count). The monoisotopic (exact) mass is 1200 g/mol. The molecule has 0 aliphatic carbocycles. The van der Waals surface area contributed by atoms with Crippen molar-refractivity contribution in [3.05, 3.63) is 120 Å². The first kappa shape index (κ1) is 49.7. The largest absolute Gasteiger partial charge is 0.464 e. The summed E-state index contributed by atoms with van der Waals surface area (Å²) >= 11 is 0. The highest BCUT2D eigenvalue weighted by molar-refractivity contribution is 6.27. The average molecular weight is 1200 g/mol. The highest BCUT2D eigenvalue weighted by atomic mass is 19.1. The predicted octanol–water partition coefficient (Wildman–Crippen LogP) is 8.44. The van der Waals surface area contributed by atoms with Crippen LogP contribution in [0.1, 0.15) is 94.5 Å². The maximum absolute atomic E-state index is 17.9. The van der Waals surface area contributed by atoms with Gasteiger partial charge in [0.2, 0.25) is 0 Å². The topological polar surface area (TPSA) is 282 Å². The fourth-order valence-electron chi connectivity index (χ4n) is 11.1. The van der Waals surface area contributed by atoms with E-state index in [1.54, 1.807) is 0 Å². The lowest BCUT2D eigenvalue weighted by Crippen LogP contribution is -2.60. The van der Waals surface area contributed by atoms with E-state index in [2.05, 4.69) is 0 Å². The molecule has 0 bridgehead atoms. The summed E-state index contributed by atoms with van der Waals surface area (Å²) in [5.74, 6) is -14.0. The minimum atomic E-state index is -2.18. The summed E-state index contributed by atoms with van der Waals surface area (Å²) in [5, 5.41) is -0.555. The van der Waals surface area contributed by atoms with E-state index in [0.717, 1.165) is 21.3 Å². The van der Waals surface area contributed by atoms with Crippen LogP contribution in [0.4, 0.5) is 8.78 Å². The van der Waals surface area contributed by atoms with Crippen molar-refractivity contribution in [1.82, 2.24) is 9.13 Å². The summed E-state index contributed by atoms with van der Waals surface area (Å²) in [6.07, 6.45) is -18.0. The summed E-state index contributed by atoms with van der Waals surface area (Å²) in [6.45, 7) is -10.5. The van der Waals surface area contributed by atoms with E-state index >= 15 is 13.6 Å². The van der Waals surface area contributed by atoms with E-state index in [4.69, 9.17) is 67.2 Å². The molecule has 6 heterocycles. The highest BCUT2D eigenvalue weighted by Crippen LogP contribution is 2.49. The van der Waals surface area contributed by atoms with Gasteiger partial charge in [-0.05, 0) is 83.9 Å². The number of hydrogen-bond donors (Lipinski definition) is 0. The first-order chi connectivity index (χ1) is 45.3. The van der Waals surface area contributed by atoms with Gasteiger partial charge < -0.3 is 65.3 Å². The first-order valence-electron chi connectivity index (χ1n) is 31.2. The number of carbonyl (C=O) groups excluding carboxylic acids is 9. The normalized spacial score (nSPS) is 23.2. The number of rotatable bonds is 16. The number of aromatic nitrogens is 2. The van der Waals surface area contributed by atoms with Gasteiger partial charge in [0.25, 0.3) is 0 Å². The van der Waals surface area contributed by atoms with Gasteiger partial charge in [-0.1, -0.05) is 12.1 Å². The number of halogens is 2. The first-order valence-corrected chi connectivity index (χ1v) is 25.6. The molecular formula is C61H54F2N2O21. The van der Waals surface area contributed by atoms with Gasteiger partial charge in [-0.25, -0.2) is 8.78 Å². The number of ether oxygens (including phenoxy) is 10. The fraction of sp³-hybridized carbons (Fsp3) is 0.328. The standard InChI is InChI=1S/C61H54F2N2O21/c1-27(66)77-25-45-54(79-29(3)68)56(81-31(5)70)58(83-33(7)72)60(85-45)64-41-13-9-11-39(62)47(41)49(51(64)37-15-17-43-35(23-37)19-21-75-43)53(74)50-48-40(63)12-10-14-42(48)65(52(50)38-16-18-44-36(24-38)20-22-76-44)61-59(84-34(8)73)57(82-32(6)71)55(80-30(4)69)46(86-61)26-78-28(2)67/h9-24,45-46,54-61H,25-26H2,1-8H3/t45-,46-,54-,55-,56+,57+,58-,59-,60?,61?/m1/s1/i1D,2D,3D,4D,5D,6D,7D,8D. The maximum atomic E-state index is 17.9. The SMILES string of the molecule is [2H]CC(=O)OC[C@H]1OC(n2c(-c3ccc4occc4c3)c(C(=O)c3c(-c4ccc5occc5c4)n(C4O[C@H](COC(=O)C[2H])[C@@H](OC(=O)C[2H])[C@H](OC(=O)C[2H])[C@H]4OC(=O)C[2H])c4cccc(F)c34)c3c(F)cccc32)[C@H](OC(=O)C[2H])[C@@H](OC(=O)C[2H])[C@@H]1OC(=O)C[2H]. The van der Waals surface area contributed by atoms with Crippen molar-refractivity contribution in [3.8, 4) is 22.5 Å². The molecule has 4 aromatic carbocycles. The number of furan rings is 2. The highest BCUT2D eigenvalue weighted by Gasteiger charge is 2.56. The van der Waals surface area contributed by atoms with Crippen LogP contribution in [0, 0.1) is 11.6 Å². The van der Waals surface area contributed by atoms with Gasteiger partial charge in [0.15, 0.2) is 54.9 Å². The Labute approximate surface area is 496 Å². The molecule has 23 nitrogen and oxygen atoms in total. The van der Waals surface area contributed by atoms with Crippen molar-refractivity contribution >= 4 is 97.3 Å². The van der Waals surface area contributed by atoms with Gasteiger partial charge in [0.05, 0.1) is 46.1 Å². The molecule has 2 aliphatic heterocycles. The molecule has 0 radical (unpaired) electrons. The number of hydrogen-bond acceptors (Lipinski definition) is 21. The van der Waals surface area contributed by atoms with Gasteiger partial charge in [-0.2, -0.15) is 0 Å². The minimum Gasteiger partial charge on any atom is -0.464 e. The third kappa shape index (κ3) is 11.5. The molecule has 25 heteroatoms. The maximum Gasteiger partial charge on any atom is 0.303 e.